The van der Waals surface area contributed by atoms with Crippen molar-refractivity contribution in [3.8, 4) is 5.75 Å². The Bertz CT molecular complexity index is 801. The second-order valence-corrected chi connectivity index (χ2v) is 8.74. The van der Waals surface area contributed by atoms with Crippen molar-refractivity contribution in [3.63, 3.8) is 0 Å². The van der Waals surface area contributed by atoms with Crippen molar-refractivity contribution in [3.05, 3.63) is 65.7 Å². The fourth-order valence-corrected chi connectivity index (χ4v) is 4.94. The van der Waals surface area contributed by atoms with Gasteiger partial charge in [0.15, 0.2) is 0 Å². The Morgan fingerprint density at radius 2 is 1.59 bits per heavy atom. The summed E-state index contributed by atoms with van der Waals surface area (Å²) in [6.45, 7) is 4.51. The summed E-state index contributed by atoms with van der Waals surface area (Å²) in [5, 5.41) is 0. The van der Waals surface area contributed by atoms with Gasteiger partial charge in [-0.15, -0.1) is 0 Å². The summed E-state index contributed by atoms with van der Waals surface area (Å²) >= 11 is 0. The van der Waals surface area contributed by atoms with Gasteiger partial charge in [-0.2, -0.15) is 17.0 Å². The largest absolute Gasteiger partial charge is 0.489 e. The molecular weight excluding hydrogens is 360 g/mol. The van der Waals surface area contributed by atoms with Crippen LogP contribution in [0.15, 0.2) is 54.6 Å². The lowest BCUT2D eigenvalue weighted by atomic mass is 10.2. The zero-order chi connectivity index (χ0) is 19.1. The lowest BCUT2D eigenvalue weighted by Crippen LogP contribution is -2.45. The van der Waals surface area contributed by atoms with Crippen LogP contribution in [-0.2, 0) is 23.4 Å². The molecule has 0 aliphatic carbocycles. The Hall–Kier alpha value is -1.89. The summed E-state index contributed by atoms with van der Waals surface area (Å²) in [5.41, 5.74) is 2.08. The minimum atomic E-state index is -3.39. The van der Waals surface area contributed by atoms with Crippen molar-refractivity contribution in [2.75, 3.05) is 19.6 Å². The molecule has 1 fully saturated rings. The minimum absolute atomic E-state index is 0.383. The van der Waals surface area contributed by atoms with Crippen LogP contribution in [0.5, 0.6) is 5.75 Å². The van der Waals surface area contributed by atoms with Crippen molar-refractivity contribution < 1.29 is 13.2 Å². The average Bonchev–Trinajstić information content (AvgIpc) is 2.72. The smallest absolute Gasteiger partial charge is 0.282 e. The summed E-state index contributed by atoms with van der Waals surface area (Å²) < 4.78 is 34.7. The fraction of sp³-hybridized carbons (Fsp3) is 0.429. The molecule has 146 valence electrons. The molecule has 1 aliphatic heterocycles. The van der Waals surface area contributed by atoms with E-state index in [-0.39, 0.29) is 0 Å². The number of nitrogens with zero attached hydrogens (tertiary/aromatic N) is 2. The zero-order valence-corrected chi connectivity index (χ0v) is 16.7. The number of benzene rings is 2. The van der Waals surface area contributed by atoms with Crippen LogP contribution in [0, 0.1) is 0 Å². The van der Waals surface area contributed by atoms with Gasteiger partial charge in [0.05, 0.1) is 0 Å². The zero-order valence-electron chi connectivity index (χ0n) is 15.9. The highest BCUT2D eigenvalue weighted by Crippen LogP contribution is 2.20. The first-order valence-corrected chi connectivity index (χ1v) is 11.0. The molecule has 27 heavy (non-hydrogen) atoms. The van der Waals surface area contributed by atoms with Crippen LogP contribution in [0.3, 0.4) is 0 Å². The van der Waals surface area contributed by atoms with E-state index in [2.05, 4.69) is 0 Å². The molecule has 1 aliphatic rings. The Morgan fingerprint density at radius 3 is 2.22 bits per heavy atom. The molecule has 0 amide bonds. The third kappa shape index (κ3) is 5.31. The molecule has 0 N–H and O–H groups in total. The molecular formula is C21H28N2O3S. The number of rotatable bonds is 8. The molecule has 0 unspecified atom stereocenters. The molecule has 0 aromatic heterocycles. The van der Waals surface area contributed by atoms with Crippen molar-refractivity contribution in [2.45, 2.75) is 39.3 Å². The van der Waals surface area contributed by atoms with E-state index in [9.17, 15) is 8.42 Å². The molecule has 0 bridgehead atoms. The monoisotopic (exact) mass is 388 g/mol. The van der Waals surface area contributed by atoms with E-state index in [4.69, 9.17) is 4.74 Å². The van der Waals surface area contributed by atoms with Crippen LogP contribution in [0.1, 0.15) is 37.3 Å². The van der Waals surface area contributed by atoms with Crippen molar-refractivity contribution in [1.82, 2.24) is 8.61 Å². The Labute approximate surface area is 162 Å². The third-order valence-corrected chi connectivity index (χ3v) is 6.91. The van der Waals surface area contributed by atoms with Crippen LogP contribution in [0.4, 0.5) is 0 Å². The van der Waals surface area contributed by atoms with E-state index in [1.165, 1.54) is 0 Å². The van der Waals surface area contributed by atoms with E-state index >= 15 is 0 Å². The summed E-state index contributed by atoms with van der Waals surface area (Å²) in [6, 6.07) is 17.7. The van der Waals surface area contributed by atoms with Crippen molar-refractivity contribution >= 4 is 10.2 Å². The predicted octanol–water partition coefficient (Wildman–Crippen LogP) is 3.82. The highest BCUT2D eigenvalue weighted by molar-refractivity contribution is 7.86. The van der Waals surface area contributed by atoms with Gasteiger partial charge in [-0.3, -0.25) is 0 Å². The van der Waals surface area contributed by atoms with Gasteiger partial charge in [0.25, 0.3) is 10.2 Å². The van der Waals surface area contributed by atoms with Gasteiger partial charge >= 0.3 is 0 Å². The number of piperidine rings is 1. The lowest BCUT2D eigenvalue weighted by molar-refractivity contribution is 0.302. The number of hydrogen-bond donors (Lipinski definition) is 0. The fourth-order valence-electron chi connectivity index (χ4n) is 3.25. The van der Waals surface area contributed by atoms with Crippen LogP contribution < -0.4 is 4.74 Å². The highest BCUT2D eigenvalue weighted by Gasteiger charge is 2.29. The lowest BCUT2D eigenvalue weighted by Gasteiger charge is -2.31. The Balaban J connectivity index is 1.60. The third-order valence-electron chi connectivity index (χ3n) is 4.85. The van der Waals surface area contributed by atoms with Gasteiger partial charge in [-0.05, 0) is 36.1 Å². The van der Waals surface area contributed by atoms with Gasteiger partial charge < -0.3 is 4.74 Å². The molecule has 0 atom stereocenters. The quantitative estimate of drug-likeness (QED) is 0.691. The first-order valence-electron chi connectivity index (χ1n) is 9.60. The second kappa shape index (κ2) is 9.35. The summed E-state index contributed by atoms with van der Waals surface area (Å²) in [4.78, 5) is 0. The van der Waals surface area contributed by atoms with Gasteiger partial charge in [-0.25, -0.2) is 0 Å². The summed E-state index contributed by atoms with van der Waals surface area (Å²) in [6.07, 6.45) is 3.01. The molecule has 1 heterocycles. The van der Waals surface area contributed by atoms with Gasteiger partial charge in [0.1, 0.15) is 12.4 Å². The van der Waals surface area contributed by atoms with Crippen LogP contribution in [-0.4, -0.2) is 36.7 Å². The maximum absolute atomic E-state index is 12.9. The van der Waals surface area contributed by atoms with Crippen LogP contribution in [0.2, 0.25) is 0 Å². The Kier molecular flexibility index (Phi) is 6.88. The molecule has 6 heteroatoms. The summed E-state index contributed by atoms with van der Waals surface area (Å²) in [5.74, 6) is 0.782. The van der Waals surface area contributed by atoms with E-state index in [1.807, 2.05) is 61.5 Å². The first kappa shape index (κ1) is 19.9. The van der Waals surface area contributed by atoms with Gasteiger partial charge in [-0.1, -0.05) is 55.8 Å². The normalized spacial score (nSPS) is 15.8. The maximum atomic E-state index is 12.9. The minimum Gasteiger partial charge on any atom is -0.489 e. The topological polar surface area (TPSA) is 49.9 Å². The highest BCUT2D eigenvalue weighted by atomic mass is 32.2. The van der Waals surface area contributed by atoms with E-state index in [0.717, 1.165) is 36.1 Å². The van der Waals surface area contributed by atoms with Crippen molar-refractivity contribution in [2.24, 2.45) is 0 Å². The second-order valence-electron chi connectivity index (χ2n) is 6.81. The molecule has 2 aromatic rings. The first-order chi connectivity index (χ1) is 13.1. The SMILES string of the molecule is CCN(Cc1ccc(OCc2ccccc2)cc1)S(=O)(=O)N1CCCCC1. The van der Waals surface area contributed by atoms with E-state index in [1.54, 1.807) is 8.61 Å². The standard InChI is InChI=1S/C21H28N2O3S/c1-2-22(27(24,25)23-15-7-4-8-16-23)17-19-11-13-21(14-12-19)26-18-20-9-5-3-6-10-20/h3,5-6,9-14H,2,4,7-8,15-18H2,1H3. The molecule has 2 aromatic carbocycles. The number of hydrogen-bond acceptors (Lipinski definition) is 3. The number of ether oxygens (including phenoxy) is 1. The molecule has 1 saturated heterocycles. The molecule has 0 radical (unpaired) electrons. The van der Waals surface area contributed by atoms with Crippen LogP contribution >= 0.6 is 0 Å². The van der Waals surface area contributed by atoms with E-state index < -0.39 is 10.2 Å². The summed E-state index contributed by atoms with van der Waals surface area (Å²) in [7, 11) is -3.39. The molecule has 3 rings (SSSR count). The molecule has 0 saturated carbocycles. The van der Waals surface area contributed by atoms with Gasteiger partial charge in [0, 0.05) is 26.2 Å². The molecule has 0 spiro atoms. The van der Waals surface area contributed by atoms with Gasteiger partial charge in [0.2, 0.25) is 0 Å². The molecule has 5 nitrogen and oxygen atoms in total. The van der Waals surface area contributed by atoms with E-state index in [0.29, 0.717) is 32.8 Å². The average molecular weight is 389 g/mol. The predicted molar refractivity (Wildman–Crippen MR) is 108 cm³/mol. The van der Waals surface area contributed by atoms with Crippen molar-refractivity contribution in [1.29, 1.82) is 0 Å². The maximum Gasteiger partial charge on any atom is 0.282 e. The Morgan fingerprint density at radius 1 is 0.926 bits per heavy atom. The van der Waals surface area contributed by atoms with Crippen LogP contribution in [0.25, 0.3) is 0 Å².